The molecule has 0 bridgehead atoms. The van der Waals surface area contributed by atoms with Crippen LogP contribution >= 0.6 is 0 Å². The van der Waals surface area contributed by atoms with Crippen molar-refractivity contribution in [3.05, 3.63) is 33.9 Å². The Morgan fingerprint density at radius 2 is 2.31 bits per heavy atom. The summed E-state index contributed by atoms with van der Waals surface area (Å²) in [5.41, 5.74) is 1.76. The highest BCUT2D eigenvalue weighted by molar-refractivity contribution is 5.56. The third-order valence-corrected chi connectivity index (χ3v) is 2.36. The standard InChI is InChI=1S/C12H14N2O2/c1-4-10(5-2)13-12-7-6-11(14(15)16)8-9(12)3/h1,6-8,10,13H,5H2,2-3H3. The average Bonchev–Trinajstić information content (AvgIpc) is 2.27. The van der Waals surface area contributed by atoms with E-state index in [1.165, 1.54) is 12.1 Å². The zero-order valence-corrected chi connectivity index (χ0v) is 9.36. The lowest BCUT2D eigenvalue weighted by atomic mass is 10.1. The molecule has 0 amide bonds. The molecule has 1 atom stereocenters. The molecule has 0 aliphatic carbocycles. The van der Waals surface area contributed by atoms with Gasteiger partial charge in [0.25, 0.3) is 5.69 Å². The number of nitrogens with zero attached hydrogens (tertiary/aromatic N) is 1. The first-order valence-corrected chi connectivity index (χ1v) is 5.06. The second kappa shape index (κ2) is 5.17. The number of hydrogen-bond donors (Lipinski definition) is 1. The Morgan fingerprint density at radius 3 is 2.75 bits per heavy atom. The molecule has 0 fully saturated rings. The maximum atomic E-state index is 10.6. The first kappa shape index (κ1) is 12.1. The van der Waals surface area contributed by atoms with Crippen molar-refractivity contribution in [2.24, 2.45) is 0 Å². The van der Waals surface area contributed by atoms with Crippen LogP contribution in [0, 0.1) is 29.4 Å². The van der Waals surface area contributed by atoms with E-state index in [9.17, 15) is 10.1 Å². The molecule has 0 saturated carbocycles. The van der Waals surface area contributed by atoms with Gasteiger partial charge in [-0.1, -0.05) is 12.8 Å². The first-order valence-electron chi connectivity index (χ1n) is 5.06. The third-order valence-electron chi connectivity index (χ3n) is 2.36. The second-order valence-corrected chi connectivity index (χ2v) is 3.53. The summed E-state index contributed by atoms with van der Waals surface area (Å²) in [5, 5.41) is 13.7. The van der Waals surface area contributed by atoms with Gasteiger partial charge in [-0.2, -0.15) is 0 Å². The average molecular weight is 218 g/mol. The molecule has 0 aromatic heterocycles. The zero-order valence-electron chi connectivity index (χ0n) is 9.36. The molecule has 0 heterocycles. The highest BCUT2D eigenvalue weighted by Crippen LogP contribution is 2.21. The summed E-state index contributed by atoms with van der Waals surface area (Å²) in [6.07, 6.45) is 6.15. The summed E-state index contributed by atoms with van der Waals surface area (Å²) < 4.78 is 0. The Bertz CT molecular complexity index is 435. The number of benzene rings is 1. The molecule has 1 aromatic carbocycles. The number of non-ortho nitro benzene ring substituents is 1. The Morgan fingerprint density at radius 1 is 1.62 bits per heavy atom. The quantitative estimate of drug-likeness (QED) is 0.480. The SMILES string of the molecule is C#CC(CC)Nc1ccc([N+](=O)[O-])cc1C. The molecule has 84 valence electrons. The van der Waals surface area contributed by atoms with Gasteiger partial charge in [0.1, 0.15) is 0 Å². The third kappa shape index (κ3) is 2.74. The number of aryl methyl sites for hydroxylation is 1. The molecule has 0 aliphatic heterocycles. The summed E-state index contributed by atoms with van der Waals surface area (Å²) in [5.74, 6) is 2.62. The van der Waals surface area contributed by atoms with Crippen molar-refractivity contribution < 1.29 is 4.92 Å². The van der Waals surface area contributed by atoms with Gasteiger partial charge >= 0.3 is 0 Å². The molecule has 1 aromatic rings. The molecule has 4 nitrogen and oxygen atoms in total. The number of terminal acetylenes is 1. The van der Waals surface area contributed by atoms with Crippen LogP contribution in [0.5, 0.6) is 0 Å². The lowest BCUT2D eigenvalue weighted by Gasteiger charge is -2.14. The van der Waals surface area contributed by atoms with Crippen LogP contribution in [0.4, 0.5) is 11.4 Å². The van der Waals surface area contributed by atoms with E-state index in [1.54, 1.807) is 6.07 Å². The van der Waals surface area contributed by atoms with E-state index >= 15 is 0 Å². The summed E-state index contributed by atoms with van der Waals surface area (Å²) >= 11 is 0. The van der Waals surface area contributed by atoms with Crippen molar-refractivity contribution >= 4 is 11.4 Å². The van der Waals surface area contributed by atoms with Gasteiger partial charge in [-0.3, -0.25) is 10.1 Å². The Kier molecular flexibility index (Phi) is 3.90. The van der Waals surface area contributed by atoms with E-state index in [0.29, 0.717) is 0 Å². The minimum Gasteiger partial charge on any atom is -0.371 e. The van der Waals surface area contributed by atoms with Crippen molar-refractivity contribution in [3.63, 3.8) is 0 Å². The molecule has 16 heavy (non-hydrogen) atoms. The van der Waals surface area contributed by atoms with Crippen LogP contribution in [0.3, 0.4) is 0 Å². The van der Waals surface area contributed by atoms with E-state index in [0.717, 1.165) is 17.7 Å². The number of rotatable bonds is 4. The Hall–Kier alpha value is -2.02. The fourth-order valence-electron chi connectivity index (χ4n) is 1.37. The van der Waals surface area contributed by atoms with Gasteiger partial charge in [-0.15, -0.1) is 6.42 Å². The fraction of sp³-hybridized carbons (Fsp3) is 0.333. The van der Waals surface area contributed by atoms with Gasteiger partial charge in [0, 0.05) is 17.8 Å². The second-order valence-electron chi connectivity index (χ2n) is 3.53. The highest BCUT2D eigenvalue weighted by Gasteiger charge is 2.09. The number of anilines is 1. The van der Waals surface area contributed by atoms with Crippen LogP contribution in [0.2, 0.25) is 0 Å². The highest BCUT2D eigenvalue weighted by atomic mass is 16.6. The largest absolute Gasteiger partial charge is 0.371 e. The number of nitro benzene ring substituents is 1. The van der Waals surface area contributed by atoms with Crippen molar-refractivity contribution in [1.82, 2.24) is 0 Å². The molecule has 1 unspecified atom stereocenters. The summed E-state index contributed by atoms with van der Waals surface area (Å²) in [7, 11) is 0. The molecule has 1 N–H and O–H groups in total. The predicted molar refractivity (Wildman–Crippen MR) is 64.4 cm³/mol. The van der Waals surface area contributed by atoms with Crippen molar-refractivity contribution in [2.75, 3.05) is 5.32 Å². The van der Waals surface area contributed by atoms with Crippen molar-refractivity contribution in [2.45, 2.75) is 26.3 Å². The first-order chi connectivity index (χ1) is 7.58. The van der Waals surface area contributed by atoms with Crippen LogP contribution in [-0.4, -0.2) is 11.0 Å². The molecule has 1 rings (SSSR count). The molecule has 0 aliphatic rings. The van der Waals surface area contributed by atoms with Crippen LogP contribution in [-0.2, 0) is 0 Å². The number of nitro groups is 1. The molecule has 4 heteroatoms. The summed E-state index contributed by atoms with van der Waals surface area (Å²) in [6, 6.07) is 4.65. The maximum absolute atomic E-state index is 10.6. The lowest BCUT2D eigenvalue weighted by molar-refractivity contribution is -0.384. The van der Waals surface area contributed by atoms with Gasteiger partial charge in [-0.05, 0) is 25.0 Å². The summed E-state index contributed by atoms with van der Waals surface area (Å²) in [6.45, 7) is 3.80. The van der Waals surface area contributed by atoms with E-state index in [-0.39, 0.29) is 11.7 Å². The van der Waals surface area contributed by atoms with Gasteiger partial charge in [0.2, 0.25) is 0 Å². The maximum Gasteiger partial charge on any atom is 0.269 e. The Balaban J connectivity index is 2.92. The van der Waals surface area contributed by atoms with Crippen LogP contribution in [0.25, 0.3) is 0 Å². The minimum absolute atomic E-state index is 0.0415. The van der Waals surface area contributed by atoms with Crippen molar-refractivity contribution in [3.8, 4) is 12.3 Å². The fourth-order valence-corrected chi connectivity index (χ4v) is 1.37. The monoisotopic (exact) mass is 218 g/mol. The van der Waals surface area contributed by atoms with Gasteiger partial charge in [0.05, 0.1) is 11.0 Å². The molecular weight excluding hydrogens is 204 g/mol. The van der Waals surface area contributed by atoms with E-state index in [2.05, 4.69) is 11.2 Å². The minimum atomic E-state index is -0.407. The molecule has 0 saturated heterocycles. The lowest BCUT2D eigenvalue weighted by Crippen LogP contribution is -2.16. The normalized spacial score (nSPS) is 11.6. The van der Waals surface area contributed by atoms with Crippen molar-refractivity contribution in [1.29, 1.82) is 0 Å². The smallest absolute Gasteiger partial charge is 0.269 e. The van der Waals surface area contributed by atoms with E-state index in [4.69, 9.17) is 6.42 Å². The topological polar surface area (TPSA) is 55.2 Å². The van der Waals surface area contributed by atoms with E-state index < -0.39 is 4.92 Å². The van der Waals surface area contributed by atoms with Crippen LogP contribution in [0.15, 0.2) is 18.2 Å². The van der Waals surface area contributed by atoms with Gasteiger partial charge in [0.15, 0.2) is 0 Å². The van der Waals surface area contributed by atoms with E-state index in [1.807, 2.05) is 13.8 Å². The molecule has 0 radical (unpaired) electrons. The van der Waals surface area contributed by atoms with Gasteiger partial charge < -0.3 is 5.32 Å². The predicted octanol–water partition coefficient (Wildman–Crippen LogP) is 2.73. The van der Waals surface area contributed by atoms with Gasteiger partial charge in [-0.25, -0.2) is 0 Å². The zero-order chi connectivity index (χ0) is 12.1. The Labute approximate surface area is 94.8 Å². The molecule has 0 spiro atoms. The van der Waals surface area contributed by atoms with Crippen LogP contribution < -0.4 is 5.32 Å². The van der Waals surface area contributed by atoms with Crippen LogP contribution in [0.1, 0.15) is 18.9 Å². The number of nitrogens with one attached hydrogen (secondary N) is 1. The molecular formula is C12H14N2O2. The number of hydrogen-bond acceptors (Lipinski definition) is 3. The summed E-state index contributed by atoms with van der Waals surface area (Å²) in [4.78, 5) is 10.1.